The van der Waals surface area contributed by atoms with E-state index in [4.69, 9.17) is 4.74 Å². The fourth-order valence-corrected chi connectivity index (χ4v) is 2.96. The van der Waals surface area contributed by atoms with Crippen LogP contribution in [0.3, 0.4) is 0 Å². The zero-order valence-corrected chi connectivity index (χ0v) is 14.2. The van der Waals surface area contributed by atoms with Gasteiger partial charge in [-0.3, -0.25) is 4.79 Å². The van der Waals surface area contributed by atoms with Gasteiger partial charge in [-0.05, 0) is 65.8 Å². The Bertz CT molecular complexity index is 712. The summed E-state index contributed by atoms with van der Waals surface area (Å²) < 4.78 is 6.61. The van der Waals surface area contributed by atoms with Crippen molar-refractivity contribution in [2.24, 2.45) is 0 Å². The lowest BCUT2D eigenvalue weighted by Crippen LogP contribution is -2.38. The van der Waals surface area contributed by atoms with E-state index in [9.17, 15) is 4.79 Å². The van der Waals surface area contributed by atoms with Crippen LogP contribution in [-0.4, -0.2) is 12.5 Å². The number of carbonyl (C=O) groups excluding carboxylic acids is 1. The van der Waals surface area contributed by atoms with Crippen LogP contribution in [0.25, 0.3) is 0 Å². The monoisotopic (exact) mass is 393 g/mol. The second-order valence-electron chi connectivity index (χ2n) is 5.31. The van der Waals surface area contributed by atoms with Gasteiger partial charge in [0.25, 0.3) is 5.91 Å². The molecule has 1 amide bonds. The molecule has 1 aliphatic heterocycles. The Morgan fingerprint density at radius 2 is 2.00 bits per heavy atom. The molecule has 1 aliphatic rings. The average molecular weight is 393 g/mol. The van der Waals surface area contributed by atoms with Gasteiger partial charge < -0.3 is 9.64 Å². The summed E-state index contributed by atoms with van der Waals surface area (Å²) in [6.45, 7) is 4.84. The summed E-state index contributed by atoms with van der Waals surface area (Å²) in [4.78, 5) is 14.1. The van der Waals surface area contributed by atoms with Crippen LogP contribution in [-0.2, 0) is 11.3 Å². The number of hydrogen-bond donors (Lipinski definition) is 0. The molecule has 1 heterocycles. The summed E-state index contributed by atoms with van der Waals surface area (Å²) in [7, 11) is 0. The van der Waals surface area contributed by atoms with Crippen molar-refractivity contribution in [2.75, 3.05) is 11.5 Å². The standard InChI is InChI=1S/C17H16INO2/c1-11-3-4-12(2)13(7-11)9-19-15-8-14(18)5-6-16(15)21-10-17(19)20/h3-8H,9-10H2,1-2H3. The summed E-state index contributed by atoms with van der Waals surface area (Å²) in [6, 6.07) is 12.3. The number of halogens is 1. The topological polar surface area (TPSA) is 29.5 Å². The number of amides is 1. The molecule has 0 unspecified atom stereocenters. The molecule has 3 rings (SSSR count). The number of benzene rings is 2. The molecular weight excluding hydrogens is 377 g/mol. The maximum Gasteiger partial charge on any atom is 0.265 e. The molecule has 2 aromatic carbocycles. The predicted molar refractivity (Wildman–Crippen MR) is 91.8 cm³/mol. The SMILES string of the molecule is Cc1ccc(C)c(CN2C(=O)COc3ccc(I)cc32)c1. The molecule has 3 nitrogen and oxygen atoms in total. The van der Waals surface area contributed by atoms with Gasteiger partial charge in [0, 0.05) is 3.57 Å². The van der Waals surface area contributed by atoms with Gasteiger partial charge >= 0.3 is 0 Å². The molecule has 108 valence electrons. The second kappa shape index (κ2) is 5.67. The highest BCUT2D eigenvalue weighted by molar-refractivity contribution is 14.1. The maximum atomic E-state index is 12.3. The van der Waals surface area contributed by atoms with Crippen LogP contribution >= 0.6 is 22.6 Å². The van der Waals surface area contributed by atoms with Crippen molar-refractivity contribution in [1.29, 1.82) is 0 Å². The summed E-state index contributed by atoms with van der Waals surface area (Å²) in [5, 5.41) is 0. The van der Waals surface area contributed by atoms with Crippen molar-refractivity contribution in [1.82, 2.24) is 0 Å². The lowest BCUT2D eigenvalue weighted by molar-refractivity contribution is -0.121. The quantitative estimate of drug-likeness (QED) is 0.726. The van der Waals surface area contributed by atoms with Crippen molar-refractivity contribution in [3.63, 3.8) is 0 Å². The smallest absolute Gasteiger partial charge is 0.265 e. The van der Waals surface area contributed by atoms with Gasteiger partial charge in [0.05, 0.1) is 12.2 Å². The first-order chi connectivity index (χ1) is 10.0. The minimum absolute atomic E-state index is 0.00501. The predicted octanol–water partition coefficient (Wildman–Crippen LogP) is 3.83. The van der Waals surface area contributed by atoms with E-state index >= 15 is 0 Å². The Morgan fingerprint density at radius 3 is 2.81 bits per heavy atom. The van der Waals surface area contributed by atoms with Gasteiger partial charge in [-0.2, -0.15) is 0 Å². The Labute approximate surface area is 138 Å². The fourth-order valence-electron chi connectivity index (χ4n) is 2.49. The molecule has 4 heteroatoms. The van der Waals surface area contributed by atoms with E-state index in [1.165, 1.54) is 16.7 Å². The van der Waals surface area contributed by atoms with Gasteiger partial charge in [0.2, 0.25) is 0 Å². The molecule has 0 radical (unpaired) electrons. The summed E-state index contributed by atoms with van der Waals surface area (Å²) in [5.74, 6) is 0.783. The zero-order valence-electron chi connectivity index (χ0n) is 12.0. The zero-order chi connectivity index (χ0) is 15.0. The van der Waals surface area contributed by atoms with Gasteiger partial charge in [-0.25, -0.2) is 0 Å². The normalized spacial score (nSPS) is 13.9. The number of aryl methyl sites for hydroxylation is 2. The molecule has 0 saturated heterocycles. The Balaban J connectivity index is 2.00. The molecule has 2 aromatic rings. The number of fused-ring (bicyclic) bond motifs is 1. The van der Waals surface area contributed by atoms with Gasteiger partial charge in [0.15, 0.2) is 6.61 Å². The third-order valence-corrected chi connectivity index (χ3v) is 4.37. The number of hydrogen-bond acceptors (Lipinski definition) is 2. The van der Waals surface area contributed by atoms with Crippen molar-refractivity contribution in [3.8, 4) is 5.75 Å². The molecule has 0 atom stereocenters. The Hall–Kier alpha value is -1.56. The highest BCUT2D eigenvalue weighted by Crippen LogP contribution is 2.34. The molecule has 21 heavy (non-hydrogen) atoms. The van der Waals surface area contributed by atoms with E-state index in [0.717, 1.165) is 15.0 Å². The first kappa shape index (κ1) is 14.4. The number of carbonyl (C=O) groups is 1. The Kier molecular flexibility index (Phi) is 3.89. The number of rotatable bonds is 2. The van der Waals surface area contributed by atoms with Gasteiger partial charge in [-0.15, -0.1) is 0 Å². The third-order valence-electron chi connectivity index (χ3n) is 3.70. The first-order valence-corrected chi connectivity index (χ1v) is 7.91. The van der Waals surface area contributed by atoms with Crippen LogP contribution in [0.15, 0.2) is 36.4 Å². The minimum atomic E-state index is 0.00501. The summed E-state index contributed by atoms with van der Waals surface area (Å²) in [5.41, 5.74) is 4.44. The van der Waals surface area contributed by atoms with Crippen LogP contribution in [0.4, 0.5) is 5.69 Å². The number of anilines is 1. The van der Waals surface area contributed by atoms with Crippen molar-refractivity contribution in [3.05, 3.63) is 56.7 Å². The summed E-state index contributed by atoms with van der Waals surface area (Å²) in [6.07, 6.45) is 0. The highest BCUT2D eigenvalue weighted by Gasteiger charge is 2.26. The minimum Gasteiger partial charge on any atom is -0.482 e. The molecule has 0 fully saturated rings. The lowest BCUT2D eigenvalue weighted by atomic mass is 10.0. The van der Waals surface area contributed by atoms with Crippen molar-refractivity contribution >= 4 is 34.2 Å². The van der Waals surface area contributed by atoms with Gasteiger partial charge in [-0.1, -0.05) is 23.8 Å². The van der Waals surface area contributed by atoms with Crippen LogP contribution in [0.2, 0.25) is 0 Å². The van der Waals surface area contributed by atoms with E-state index in [-0.39, 0.29) is 12.5 Å². The summed E-state index contributed by atoms with van der Waals surface area (Å²) >= 11 is 2.25. The van der Waals surface area contributed by atoms with Crippen LogP contribution in [0.5, 0.6) is 5.75 Å². The molecule has 0 saturated carbocycles. The largest absolute Gasteiger partial charge is 0.482 e. The average Bonchev–Trinajstić information content (AvgIpc) is 2.46. The van der Waals surface area contributed by atoms with E-state index in [0.29, 0.717) is 6.54 Å². The van der Waals surface area contributed by atoms with Crippen molar-refractivity contribution < 1.29 is 9.53 Å². The van der Waals surface area contributed by atoms with Crippen LogP contribution in [0.1, 0.15) is 16.7 Å². The second-order valence-corrected chi connectivity index (χ2v) is 6.56. The molecular formula is C17H16INO2. The molecule has 0 N–H and O–H groups in total. The van der Waals surface area contributed by atoms with Gasteiger partial charge in [0.1, 0.15) is 5.75 Å². The fraction of sp³-hybridized carbons (Fsp3) is 0.235. The molecule has 0 aliphatic carbocycles. The maximum absolute atomic E-state index is 12.3. The highest BCUT2D eigenvalue weighted by atomic mass is 127. The molecule has 0 aromatic heterocycles. The van der Waals surface area contributed by atoms with E-state index in [2.05, 4.69) is 54.6 Å². The lowest BCUT2D eigenvalue weighted by Gasteiger charge is -2.30. The molecule has 0 spiro atoms. The van der Waals surface area contributed by atoms with Crippen LogP contribution < -0.4 is 9.64 Å². The van der Waals surface area contributed by atoms with Crippen molar-refractivity contribution in [2.45, 2.75) is 20.4 Å². The number of nitrogens with zero attached hydrogens (tertiary/aromatic N) is 1. The van der Waals surface area contributed by atoms with E-state index < -0.39 is 0 Å². The number of ether oxygens (including phenoxy) is 1. The first-order valence-electron chi connectivity index (χ1n) is 6.83. The van der Waals surface area contributed by atoms with E-state index in [1.807, 2.05) is 23.1 Å². The van der Waals surface area contributed by atoms with Crippen LogP contribution in [0, 0.1) is 17.4 Å². The molecule has 0 bridgehead atoms. The Morgan fingerprint density at radius 1 is 1.19 bits per heavy atom. The van der Waals surface area contributed by atoms with E-state index in [1.54, 1.807) is 0 Å². The third kappa shape index (κ3) is 2.90.